The zero-order valence-corrected chi connectivity index (χ0v) is 8.33. The average Bonchev–Trinajstić information content (AvgIpc) is 2.26. The van der Waals surface area contributed by atoms with Gasteiger partial charge in [0.25, 0.3) is 0 Å². The van der Waals surface area contributed by atoms with Crippen molar-refractivity contribution < 1.29 is 19.7 Å². The van der Waals surface area contributed by atoms with E-state index in [0.29, 0.717) is 5.69 Å². The number of anilines is 1. The summed E-state index contributed by atoms with van der Waals surface area (Å²) < 4.78 is 4.60. The van der Waals surface area contributed by atoms with Crippen LogP contribution in [0.2, 0.25) is 0 Å². The minimum absolute atomic E-state index is 0.115. The van der Waals surface area contributed by atoms with Crippen LogP contribution in [0, 0.1) is 0 Å². The van der Waals surface area contributed by atoms with Crippen LogP contribution in [0.1, 0.15) is 0 Å². The van der Waals surface area contributed by atoms with Gasteiger partial charge in [-0.3, -0.25) is 4.90 Å². The maximum atomic E-state index is 10.9. The molecule has 0 spiro atoms. The van der Waals surface area contributed by atoms with E-state index in [2.05, 4.69) is 4.74 Å². The molecule has 0 bridgehead atoms. The second kappa shape index (κ2) is 5.33. The Morgan fingerprint density at radius 1 is 1.47 bits per heavy atom. The van der Waals surface area contributed by atoms with Crippen molar-refractivity contribution in [2.45, 2.75) is 6.29 Å². The van der Waals surface area contributed by atoms with Crippen LogP contribution in [0.15, 0.2) is 30.3 Å². The topological polar surface area (TPSA) is 70.0 Å². The van der Waals surface area contributed by atoms with E-state index in [-0.39, 0.29) is 6.54 Å². The SMILES string of the molecule is COC(O)CN(C(=O)O)c1ccccc1. The van der Waals surface area contributed by atoms with Crippen LogP contribution in [0.25, 0.3) is 0 Å². The third-order valence-electron chi connectivity index (χ3n) is 1.91. The lowest BCUT2D eigenvalue weighted by molar-refractivity contribution is -0.0659. The summed E-state index contributed by atoms with van der Waals surface area (Å²) in [5.74, 6) is 0. The van der Waals surface area contributed by atoms with Crippen LogP contribution >= 0.6 is 0 Å². The summed E-state index contributed by atoms with van der Waals surface area (Å²) in [7, 11) is 1.32. The van der Waals surface area contributed by atoms with Crippen molar-refractivity contribution in [3.05, 3.63) is 30.3 Å². The Morgan fingerprint density at radius 3 is 2.53 bits per heavy atom. The fourth-order valence-electron chi connectivity index (χ4n) is 1.13. The maximum absolute atomic E-state index is 10.9. The monoisotopic (exact) mass is 211 g/mol. The number of amides is 1. The first-order valence-electron chi connectivity index (χ1n) is 4.41. The van der Waals surface area contributed by atoms with Gasteiger partial charge < -0.3 is 14.9 Å². The Bertz CT molecular complexity index is 314. The molecule has 5 nitrogen and oxygen atoms in total. The van der Waals surface area contributed by atoms with E-state index in [1.165, 1.54) is 7.11 Å². The molecular weight excluding hydrogens is 198 g/mol. The number of carboxylic acid groups (broad SMARTS) is 1. The summed E-state index contributed by atoms with van der Waals surface area (Å²) >= 11 is 0. The molecule has 1 atom stereocenters. The van der Waals surface area contributed by atoms with E-state index in [1.54, 1.807) is 30.3 Å². The minimum atomic E-state index is -1.13. The molecule has 82 valence electrons. The third-order valence-corrected chi connectivity index (χ3v) is 1.91. The lowest BCUT2D eigenvalue weighted by Gasteiger charge is -2.21. The molecule has 15 heavy (non-hydrogen) atoms. The van der Waals surface area contributed by atoms with E-state index < -0.39 is 12.4 Å². The van der Waals surface area contributed by atoms with Gasteiger partial charge in [0.2, 0.25) is 0 Å². The first kappa shape index (κ1) is 11.5. The van der Waals surface area contributed by atoms with Gasteiger partial charge in [-0.2, -0.15) is 0 Å². The van der Waals surface area contributed by atoms with Gasteiger partial charge in [-0.05, 0) is 12.1 Å². The molecule has 0 aliphatic heterocycles. The molecule has 0 heterocycles. The molecular formula is C10H13NO4. The molecule has 0 fully saturated rings. The Balaban J connectivity index is 2.80. The third kappa shape index (κ3) is 3.23. The molecule has 0 aliphatic carbocycles. The highest BCUT2D eigenvalue weighted by atomic mass is 16.6. The zero-order chi connectivity index (χ0) is 11.3. The van der Waals surface area contributed by atoms with Crippen molar-refractivity contribution in [2.75, 3.05) is 18.6 Å². The Labute approximate surface area is 87.5 Å². The Hall–Kier alpha value is -1.59. The van der Waals surface area contributed by atoms with E-state index >= 15 is 0 Å². The quantitative estimate of drug-likeness (QED) is 0.732. The molecule has 5 heteroatoms. The van der Waals surface area contributed by atoms with Crippen LogP contribution in [-0.4, -0.2) is 36.3 Å². The van der Waals surface area contributed by atoms with Crippen molar-refractivity contribution in [3.8, 4) is 0 Å². The van der Waals surface area contributed by atoms with Gasteiger partial charge in [0, 0.05) is 12.8 Å². The Kier molecular flexibility index (Phi) is 4.08. The number of para-hydroxylation sites is 1. The lowest BCUT2D eigenvalue weighted by atomic mass is 10.3. The number of methoxy groups -OCH3 is 1. The first-order chi connectivity index (χ1) is 7.15. The molecule has 1 aromatic rings. The predicted octanol–water partition coefficient (Wildman–Crippen LogP) is 1.14. The highest BCUT2D eigenvalue weighted by Gasteiger charge is 2.17. The number of hydrogen-bond donors (Lipinski definition) is 2. The smallest absolute Gasteiger partial charge is 0.411 e. The van der Waals surface area contributed by atoms with Gasteiger partial charge in [-0.25, -0.2) is 4.79 Å². The number of aliphatic hydroxyl groups is 1. The second-order valence-electron chi connectivity index (χ2n) is 2.92. The molecule has 1 unspecified atom stereocenters. The predicted molar refractivity (Wildman–Crippen MR) is 54.8 cm³/mol. The van der Waals surface area contributed by atoms with Crippen LogP contribution in [0.3, 0.4) is 0 Å². The van der Waals surface area contributed by atoms with Crippen molar-refractivity contribution in [2.24, 2.45) is 0 Å². The van der Waals surface area contributed by atoms with Gasteiger partial charge in [-0.15, -0.1) is 0 Å². The number of carbonyl (C=O) groups is 1. The van der Waals surface area contributed by atoms with Crippen LogP contribution in [0.4, 0.5) is 10.5 Å². The van der Waals surface area contributed by atoms with E-state index in [0.717, 1.165) is 4.90 Å². The molecule has 0 aromatic heterocycles. The number of rotatable bonds is 4. The fourth-order valence-corrected chi connectivity index (χ4v) is 1.13. The molecule has 1 rings (SSSR count). The zero-order valence-electron chi connectivity index (χ0n) is 8.33. The van der Waals surface area contributed by atoms with Crippen LogP contribution in [0.5, 0.6) is 0 Å². The van der Waals surface area contributed by atoms with Crippen molar-refractivity contribution in [1.82, 2.24) is 0 Å². The summed E-state index contributed by atoms with van der Waals surface area (Å²) in [6.07, 6.45) is -2.25. The van der Waals surface area contributed by atoms with Gasteiger partial charge in [0.05, 0.1) is 6.54 Å². The fraction of sp³-hybridized carbons (Fsp3) is 0.300. The normalized spacial score (nSPS) is 12.1. The van der Waals surface area contributed by atoms with Crippen LogP contribution in [-0.2, 0) is 4.74 Å². The van der Waals surface area contributed by atoms with E-state index in [9.17, 15) is 9.90 Å². The summed E-state index contributed by atoms with van der Waals surface area (Å²) in [4.78, 5) is 11.9. The van der Waals surface area contributed by atoms with Gasteiger partial charge in [0.15, 0.2) is 6.29 Å². The Morgan fingerprint density at radius 2 is 2.07 bits per heavy atom. The molecule has 0 aliphatic rings. The summed E-state index contributed by atoms with van der Waals surface area (Å²) in [5, 5.41) is 18.1. The summed E-state index contributed by atoms with van der Waals surface area (Å²) in [5.41, 5.74) is 0.501. The van der Waals surface area contributed by atoms with Crippen molar-refractivity contribution >= 4 is 11.8 Å². The summed E-state index contributed by atoms with van der Waals surface area (Å²) in [6, 6.07) is 8.54. The molecule has 0 saturated carbocycles. The maximum Gasteiger partial charge on any atom is 0.411 e. The summed E-state index contributed by atoms with van der Waals surface area (Å²) in [6.45, 7) is -0.115. The van der Waals surface area contributed by atoms with E-state index in [4.69, 9.17) is 5.11 Å². The standard InChI is InChI=1S/C10H13NO4/c1-15-9(12)7-11(10(13)14)8-5-3-2-4-6-8/h2-6,9,12H,7H2,1H3,(H,13,14). The van der Waals surface area contributed by atoms with E-state index in [1.807, 2.05) is 0 Å². The average molecular weight is 211 g/mol. The molecule has 0 saturated heterocycles. The van der Waals surface area contributed by atoms with Gasteiger partial charge in [0.1, 0.15) is 0 Å². The second-order valence-corrected chi connectivity index (χ2v) is 2.92. The molecule has 2 N–H and O–H groups in total. The number of ether oxygens (including phenoxy) is 1. The molecule has 1 amide bonds. The number of aliphatic hydroxyl groups excluding tert-OH is 1. The van der Waals surface area contributed by atoms with Crippen LogP contribution < -0.4 is 4.90 Å². The lowest BCUT2D eigenvalue weighted by Crippen LogP contribution is -2.37. The first-order valence-corrected chi connectivity index (χ1v) is 4.41. The minimum Gasteiger partial charge on any atom is -0.465 e. The van der Waals surface area contributed by atoms with Crippen molar-refractivity contribution in [1.29, 1.82) is 0 Å². The van der Waals surface area contributed by atoms with Gasteiger partial charge >= 0.3 is 6.09 Å². The largest absolute Gasteiger partial charge is 0.465 e. The van der Waals surface area contributed by atoms with Gasteiger partial charge in [-0.1, -0.05) is 18.2 Å². The highest BCUT2D eigenvalue weighted by Crippen LogP contribution is 2.13. The number of nitrogens with zero attached hydrogens (tertiary/aromatic N) is 1. The highest BCUT2D eigenvalue weighted by molar-refractivity contribution is 5.85. The molecule has 0 radical (unpaired) electrons. The number of hydrogen-bond acceptors (Lipinski definition) is 3. The molecule has 1 aromatic carbocycles. The number of benzene rings is 1. The van der Waals surface area contributed by atoms with Crippen molar-refractivity contribution in [3.63, 3.8) is 0 Å².